The van der Waals surface area contributed by atoms with Crippen LogP contribution in [0.3, 0.4) is 0 Å². The van der Waals surface area contributed by atoms with E-state index in [1.807, 2.05) is 19.9 Å². The Morgan fingerprint density at radius 2 is 1.93 bits per heavy atom. The molecule has 2 aliphatic heterocycles. The van der Waals surface area contributed by atoms with Gasteiger partial charge < -0.3 is 15.0 Å². The third-order valence-corrected chi connectivity index (χ3v) is 6.39. The Balaban J connectivity index is 1.77. The zero-order valence-electron chi connectivity index (χ0n) is 17.2. The van der Waals surface area contributed by atoms with Crippen LogP contribution in [0.1, 0.15) is 57.1 Å². The summed E-state index contributed by atoms with van der Waals surface area (Å²) >= 11 is 0. The van der Waals surface area contributed by atoms with E-state index in [9.17, 15) is 13.2 Å². The van der Waals surface area contributed by atoms with Gasteiger partial charge in [-0.25, -0.2) is 0 Å². The number of hydrogen-bond acceptors (Lipinski definition) is 3. The van der Waals surface area contributed by atoms with E-state index in [0.29, 0.717) is 12.6 Å². The number of benzene rings is 1. The summed E-state index contributed by atoms with van der Waals surface area (Å²) in [4.78, 5) is 2.34. The number of nitrogens with one attached hydrogen (secondary N) is 1. The summed E-state index contributed by atoms with van der Waals surface area (Å²) < 4.78 is 45.8. The van der Waals surface area contributed by atoms with Gasteiger partial charge in [0.2, 0.25) is 0 Å². The van der Waals surface area contributed by atoms with Crippen molar-refractivity contribution in [2.45, 2.75) is 69.2 Å². The zero-order chi connectivity index (χ0) is 20.4. The quantitative estimate of drug-likeness (QED) is 0.784. The Bertz CT molecular complexity index is 653. The van der Waals surface area contributed by atoms with Crippen molar-refractivity contribution in [1.29, 1.82) is 0 Å². The molecule has 0 radical (unpaired) electrons. The lowest BCUT2D eigenvalue weighted by atomic mass is 9.67. The van der Waals surface area contributed by atoms with Crippen LogP contribution in [0.4, 0.5) is 13.2 Å². The largest absolute Gasteiger partial charge is 0.416 e. The molecule has 1 aromatic rings. The second kappa shape index (κ2) is 8.33. The third-order valence-electron chi connectivity index (χ3n) is 6.39. The normalized spacial score (nSPS) is 27.1. The van der Waals surface area contributed by atoms with E-state index in [1.54, 1.807) is 6.07 Å². The molecule has 2 fully saturated rings. The maximum atomic E-state index is 13.3. The monoisotopic (exact) mass is 398 g/mol. The molecule has 1 atom stereocenters. The third kappa shape index (κ3) is 5.28. The van der Waals surface area contributed by atoms with E-state index in [-0.39, 0.29) is 11.0 Å². The minimum Gasteiger partial charge on any atom is -0.376 e. The Labute approximate surface area is 166 Å². The van der Waals surface area contributed by atoms with Crippen molar-refractivity contribution < 1.29 is 17.9 Å². The molecule has 0 amide bonds. The predicted molar refractivity (Wildman–Crippen MR) is 106 cm³/mol. The van der Waals surface area contributed by atoms with Crippen molar-refractivity contribution >= 4 is 0 Å². The van der Waals surface area contributed by atoms with Crippen LogP contribution in [0.5, 0.6) is 0 Å². The van der Waals surface area contributed by atoms with Gasteiger partial charge in [-0.3, -0.25) is 0 Å². The molecule has 2 saturated heterocycles. The predicted octanol–water partition coefficient (Wildman–Crippen LogP) is 4.61. The van der Waals surface area contributed by atoms with Gasteiger partial charge in [0, 0.05) is 18.1 Å². The van der Waals surface area contributed by atoms with Crippen LogP contribution in [-0.4, -0.2) is 49.8 Å². The Hall–Kier alpha value is -1.11. The zero-order valence-corrected chi connectivity index (χ0v) is 17.2. The molecule has 2 aliphatic rings. The second-order valence-corrected chi connectivity index (χ2v) is 9.18. The van der Waals surface area contributed by atoms with Gasteiger partial charge in [0.05, 0.1) is 11.2 Å². The number of nitrogens with zero attached hydrogens (tertiary/aromatic N) is 1. The topological polar surface area (TPSA) is 24.5 Å². The van der Waals surface area contributed by atoms with Crippen molar-refractivity contribution in [2.75, 3.05) is 33.3 Å². The van der Waals surface area contributed by atoms with Gasteiger partial charge in [-0.05, 0) is 84.3 Å². The van der Waals surface area contributed by atoms with Gasteiger partial charge in [-0.1, -0.05) is 18.2 Å². The molecule has 0 aliphatic carbocycles. The molecule has 6 heteroatoms. The van der Waals surface area contributed by atoms with E-state index in [4.69, 9.17) is 4.74 Å². The molecule has 1 aromatic carbocycles. The van der Waals surface area contributed by atoms with Crippen molar-refractivity contribution in [3.63, 3.8) is 0 Å². The molecule has 0 spiro atoms. The number of hydrogen-bond donors (Lipinski definition) is 1. The number of likely N-dealkylation sites (tertiary alicyclic amines) is 1. The average molecular weight is 399 g/mol. The number of halogens is 3. The van der Waals surface area contributed by atoms with Gasteiger partial charge in [0.1, 0.15) is 0 Å². The molecule has 1 N–H and O–H groups in total. The van der Waals surface area contributed by atoms with E-state index < -0.39 is 11.7 Å². The van der Waals surface area contributed by atoms with Crippen LogP contribution < -0.4 is 5.32 Å². The standard InChI is InChI=1S/C22H33F3N2O/c1-20(2)16-21(10-14-28-20,9-11-26-19-7-12-27(3)13-8-19)17-5-4-6-18(15-17)22(23,24)25/h4-6,15,19,26H,7-14,16H2,1-3H3. The summed E-state index contributed by atoms with van der Waals surface area (Å²) in [7, 11) is 2.14. The Morgan fingerprint density at radius 3 is 2.57 bits per heavy atom. The average Bonchev–Trinajstić information content (AvgIpc) is 2.62. The number of alkyl halides is 3. The maximum absolute atomic E-state index is 13.3. The van der Waals surface area contributed by atoms with Gasteiger partial charge >= 0.3 is 6.18 Å². The van der Waals surface area contributed by atoms with Gasteiger partial charge in [-0.15, -0.1) is 0 Å². The summed E-state index contributed by atoms with van der Waals surface area (Å²) in [6.07, 6.45) is 0.254. The molecule has 2 heterocycles. The Kier molecular flexibility index (Phi) is 6.42. The van der Waals surface area contributed by atoms with Gasteiger partial charge in [-0.2, -0.15) is 13.2 Å². The molecule has 0 aromatic heterocycles. The highest BCUT2D eigenvalue weighted by molar-refractivity contribution is 5.33. The molecular formula is C22H33F3N2O. The first-order valence-electron chi connectivity index (χ1n) is 10.3. The van der Waals surface area contributed by atoms with E-state index in [1.165, 1.54) is 12.1 Å². The number of piperidine rings is 1. The first-order chi connectivity index (χ1) is 13.1. The Morgan fingerprint density at radius 1 is 1.21 bits per heavy atom. The lowest BCUT2D eigenvalue weighted by molar-refractivity contribution is -0.137. The van der Waals surface area contributed by atoms with Crippen LogP contribution in [0.2, 0.25) is 0 Å². The second-order valence-electron chi connectivity index (χ2n) is 9.18. The molecule has 3 nitrogen and oxygen atoms in total. The van der Waals surface area contributed by atoms with Crippen LogP contribution in [-0.2, 0) is 16.3 Å². The smallest absolute Gasteiger partial charge is 0.376 e. The number of rotatable bonds is 5. The highest BCUT2D eigenvalue weighted by Gasteiger charge is 2.43. The first kappa shape index (κ1) is 21.6. The summed E-state index contributed by atoms with van der Waals surface area (Å²) in [5.74, 6) is 0. The molecule has 3 rings (SSSR count). The minimum atomic E-state index is -4.32. The van der Waals surface area contributed by atoms with Crippen LogP contribution in [0.25, 0.3) is 0 Å². The van der Waals surface area contributed by atoms with Gasteiger partial charge in [0.15, 0.2) is 0 Å². The van der Waals surface area contributed by atoms with Crippen molar-refractivity contribution in [3.8, 4) is 0 Å². The fourth-order valence-corrected chi connectivity index (χ4v) is 4.83. The molecule has 0 saturated carbocycles. The van der Waals surface area contributed by atoms with Gasteiger partial charge in [0.25, 0.3) is 0 Å². The highest BCUT2D eigenvalue weighted by Crippen LogP contribution is 2.45. The summed E-state index contributed by atoms with van der Waals surface area (Å²) in [5.41, 5.74) is -0.387. The first-order valence-corrected chi connectivity index (χ1v) is 10.3. The number of ether oxygens (including phenoxy) is 1. The lowest BCUT2D eigenvalue weighted by Gasteiger charge is -2.46. The van der Waals surface area contributed by atoms with Crippen molar-refractivity contribution in [3.05, 3.63) is 35.4 Å². The summed E-state index contributed by atoms with van der Waals surface area (Å²) in [6.45, 7) is 7.67. The van der Waals surface area contributed by atoms with Crippen molar-refractivity contribution in [1.82, 2.24) is 10.2 Å². The summed E-state index contributed by atoms with van der Waals surface area (Å²) in [5, 5.41) is 3.67. The van der Waals surface area contributed by atoms with E-state index in [0.717, 1.165) is 57.3 Å². The minimum absolute atomic E-state index is 0.290. The van der Waals surface area contributed by atoms with Crippen molar-refractivity contribution in [2.24, 2.45) is 0 Å². The lowest BCUT2D eigenvalue weighted by Crippen LogP contribution is -2.47. The van der Waals surface area contributed by atoms with Crippen LogP contribution >= 0.6 is 0 Å². The van der Waals surface area contributed by atoms with Crippen LogP contribution in [0, 0.1) is 0 Å². The molecule has 0 bridgehead atoms. The fraction of sp³-hybridized carbons (Fsp3) is 0.727. The van der Waals surface area contributed by atoms with E-state index in [2.05, 4.69) is 17.3 Å². The molecule has 28 heavy (non-hydrogen) atoms. The SMILES string of the molecule is CN1CCC(NCCC2(c3cccc(C(F)(F)F)c3)CCOC(C)(C)C2)CC1. The highest BCUT2D eigenvalue weighted by atomic mass is 19.4. The fourth-order valence-electron chi connectivity index (χ4n) is 4.83. The molecule has 158 valence electrons. The maximum Gasteiger partial charge on any atom is 0.416 e. The molecule has 1 unspecified atom stereocenters. The molecular weight excluding hydrogens is 365 g/mol. The van der Waals surface area contributed by atoms with Crippen LogP contribution in [0.15, 0.2) is 24.3 Å². The summed E-state index contributed by atoms with van der Waals surface area (Å²) in [6, 6.07) is 6.44. The van der Waals surface area contributed by atoms with E-state index >= 15 is 0 Å².